The second-order valence-corrected chi connectivity index (χ2v) is 14.6. The van der Waals surface area contributed by atoms with Crippen molar-refractivity contribution in [2.45, 2.75) is 90.4 Å². The van der Waals surface area contributed by atoms with Crippen molar-refractivity contribution in [3.63, 3.8) is 0 Å². The fraction of sp³-hybridized carbons (Fsp3) is 0.378. The lowest BCUT2D eigenvalue weighted by molar-refractivity contribution is -0.275. The minimum Gasteiger partial charge on any atom is -0.466 e. The molecule has 2 aliphatic rings. The van der Waals surface area contributed by atoms with Crippen LogP contribution in [0.2, 0.25) is 0 Å². The van der Waals surface area contributed by atoms with Crippen LogP contribution in [0.5, 0.6) is 0 Å². The summed E-state index contributed by atoms with van der Waals surface area (Å²) in [6.07, 6.45) is -2.87. The molecular formula is C45H50O10. The first-order valence-electron chi connectivity index (χ1n) is 18.7. The molecule has 10 heteroatoms. The third-order valence-corrected chi connectivity index (χ3v) is 9.15. The Morgan fingerprint density at radius 2 is 1.16 bits per heavy atom. The topological polar surface area (TPSA) is 108 Å². The van der Waals surface area contributed by atoms with Gasteiger partial charge in [-0.2, -0.15) is 0 Å². The van der Waals surface area contributed by atoms with Crippen LogP contribution in [0.4, 0.5) is 0 Å². The first-order valence-corrected chi connectivity index (χ1v) is 18.7. The first kappa shape index (κ1) is 39.8. The van der Waals surface area contributed by atoms with E-state index < -0.39 is 54.2 Å². The van der Waals surface area contributed by atoms with Crippen molar-refractivity contribution in [3.8, 4) is 0 Å². The number of hydrogen-bond acceptors (Lipinski definition) is 10. The van der Waals surface area contributed by atoms with Crippen molar-refractivity contribution in [3.05, 3.63) is 155 Å². The van der Waals surface area contributed by atoms with Gasteiger partial charge in [0, 0.05) is 6.42 Å². The summed E-state index contributed by atoms with van der Waals surface area (Å²) >= 11 is 0. The smallest absolute Gasteiger partial charge is 0.334 e. The van der Waals surface area contributed by atoms with E-state index in [1.54, 1.807) is 20.8 Å². The average Bonchev–Trinajstić information content (AvgIpc) is 3.19. The maximum atomic E-state index is 13.0. The van der Waals surface area contributed by atoms with E-state index in [-0.39, 0.29) is 32.0 Å². The van der Waals surface area contributed by atoms with E-state index in [1.807, 2.05) is 121 Å². The highest BCUT2D eigenvalue weighted by molar-refractivity contribution is 5.84. The van der Waals surface area contributed by atoms with E-state index in [0.29, 0.717) is 19.8 Å². The highest BCUT2D eigenvalue weighted by atomic mass is 16.7. The summed E-state index contributed by atoms with van der Waals surface area (Å²) in [6, 6.07) is 39.4. The van der Waals surface area contributed by atoms with Gasteiger partial charge in [-0.1, -0.05) is 121 Å². The van der Waals surface area contributed by atoms with E-state index in [9.17, 15) is 9.59 Å². The maximum Gasteiger partial charge on any atom is 0.334 e. The number of carbonyl (C=O) groups is 2. The summed E-state index contributed by atoms with van der Waals surface area (Å²) in [5, 5.41) is 0. The zero-order valence-corrected chi connectivity index (χ0v) is 31.6. The van der Waals surface area contributed by atoms with Gasteiger partial charge < -0.3 is 37.9 Å². The molecule has 1 fully saturated rings. The van der Waals surface area contributed by atoms with Crippen molar-refractivity contribution >= 4 is 11.9 Å². The number of cyclic esters (lactones) is 1. The lowest BCUT2D eigenvalue weighted by Crippen LogP contribution is -2.53. The third-order valence-electron chi connectivity index (χ3n) is 9.15. The lowest BCUT2D eigenvalue weighted by Gasteiger charge is -2.42. The quantitative estimate of drug-likeness (QED) is 0.101. The third kappa shape index (κ3) is 12.1. The van der Waals surface area contributed by atoms with Gasteiger partial charge >= 0.3 is 11.9 Å². The Kier molecular flexibility index (Phi) is 14.2. The van der Waals surface area contributed by atoms with Crippen LogP contribution in [0.25, 0.3) is 0 Å². The van der Waals surface area contributed by atoms with Crippen molar-refractivity contribution < 1.29 is 47.5 Å². The van der Waals surface area contributed by atoms with Crippen LogP contribution in [0.1, 0.15) is 49.4 Å². The molecule has 10 nitrogen and oxygen atoms in total. The van der Waals surface area contributed by atoms with Crippen LogP contribution in [-0.2, 0) is 73.9 Å². The Morgan fingerprint density at radius 1 is 0.655 bits per heavy atom. The second-order valence-electron chi connectivity index (χ2n) is 14.6. The van der Waals surface area contributed by atoms with Crippen molar-refractivity contribution in [2.75, 3.05) is 13.2 Å². The van der Waals surface area contributed by atoms with Crippen LogP contribution in [0.3, 0.4) is 0 Å². The van der Waals surface area contributed by atoms with Gasteiger partial charge in [0.05, 0.1) is 50.6 Å². The fourth-order valence-corrected chi connectivity index (χ4v) is 6.21. The van der Waals surface area contributed by atoms with Gasteiger partial charge in [-0.3, -0.25) is 4.79 Å². The van der Waals surface area contributed by atoms with E-state index >= 15 is 0 Å². The van der Waals surface area contributed by atoms with Crippen LogP contribution in [-0.4, -0.2) is 62.0 Å². The highest BCUT2D eigenvalue weighted by Crippen LogP contribution is 2.32. The van der Waals surface area contributed by atoms with Gasteiger partial charge in [-0.05, 0) is 43.0 Å². The summed E-state index contributed by atoms with van der Waals surface area (Å²) in [5.74, 6) is -0.884. The summed E-state index contributed by atoms with van der Waals surface area (Å²) in [7, 11) is 0. The molecule has 0 aromatic heterocycles. The predicted molar refractivity (Wildman–Crippen MR) is 204 cm³/mol. The molecule has 0 radical (unpaired) electrons. The molecule has 0 aliphatic carbocycles. The number of esters is 2. The molecule has 0 bridgehead atoms. The molecule has 6 rings (SSSR count). The highest BCUT2D eigenvalue weighted by Gasteiger charge is 2.44. The van der Waals surface area contributed by atoms with Crippen LogP contribution < -0.4 is 0 Å². The molecular weight excluding hydrogens is 700 g/mol. The van der Waals surface area contributed by atoms with Gasteiger partial charge in [0.15, 0.2) is 12.2 Å². The molecule has 55 heavy (non-hydrogen) atoms. The fourth-order valence-electron chi connectivity index (χ4n) is 6.21. The molecule has 4 aromatic carbocycles. The molecule has 0 N–H and O–H groups in total. The minimum absolute atomic E-state index is 0.180. The minimum atomic E-state index is -0.969. The Balaban J connectivity index is 1.25. The molecule has 0 saturated carbocycles. The van der Waals surface area contributed by atoms with Crippen LogP contribution in [0, 0.1) is 5.41 Å². The van der Waals surface area contributed by atoms with Gasteiger partial charge in [0.25, 0.3) is 0 Å². The van der Waals surface area contributed by atoms with Crippen LogP contribution >= 0.6 is 0 Å². The molecule has 1 saturated heterocycles. The maximum absolute atomic E-state index is 13.0. The van der Waals surface area contributed by atoms with Crippen molar-refractivity contribution in [1.82, 2.24) is 0 Å². The second kappa shape index (κ2) is 19.7. The van der Waals surface area contributed by atoms with Gasteiger partial charge in [0.2, 0.25) is 6.29 Å². The molecule has 6 atom stereocenters. The Bertz CT molecular complexity index is 1790. The normalized spacial score (nSPS) is 22.7. The van der Waals surface area contributed by atoms with E-state index in [4.69, 9.17) is 37.9 Å². The number of ether oxygens (including phenoxy) is 8. The molecule has 0 unspecified atom stereocenters. The van der Waals surface area contributed by atoms with E-state index in [2.05, 4.69) is 0 Å². The Hall–Kier alpha value is -4.84. The molecule has 0 amide bonds. The lowest BCUT2D eigenvalue weighted by atomic mass is 9.97. The number of carbonyl (C=O) groups excluding carboxylic acids is 2. The number of rotatable bonds is 17. The summed E-state index contributed by atoms with van der Waals surface area (Å²) in [6.45, 7) is 6.46. The molecule has 0 spiro atoms. The van der Waals surface area contributed by atoms with Crippen molar-refractivity contribution in [1.29, 1.82) is 0 Å². The molecule has 290 valence electrons. The monoisotopic (exact) mass is 750 g/mol. The number of hydrogen-bond donors (Lipinski definition) is 0. The Morgan fingerprint density at radius 3 is 1.71 bits per heavy atom. The predicted octanol–water partition coefficient (Wildman–Crippen LogP) is 7.49. The zero-order valence-electron chi connectivity index (χ0n) is 31.6. The van der Waals surface area contributed by atoms with Gasteiger partial charge in [-0.15, -0.1) is 0 Å². The zero-order chi connectivity index (χ0) is 38.5. The standard InChI is InChI=1S/C45H50O10/c1-45(2,3)44(47)52-31-39-43(51-29-35-22-14-7-15-23-35)37(24-40(46)53-39)54-41-25-36(49-27-33-18-10-5-11-19-33)42(50-28-34-20-12-6-13-21-34)38(55-41)30-48-26-32-16-8-4-9-17-32/h4-24,36,38-39,41-43H,25-31H2,1-3H3/t36-,38-,39+,41-,42+,43+/m0/s1. The SMILES string of the molecule is CC(C)(C)C(=O)OC[C@H]1OC(=O)C=C(O[C@@H]2C[C@H](OCc3ccccc3)[C@@H](OCc3ccccc3)[C@H](COCc3ccccc3)O2)[C@H]1OCc1ccccc1. The van der Waals surface area contributed by atoms with Gasteiger partial charge in [-0.25, -0.2) is 4.79 Å². The summed E-state index contributed by atoms with van der Waals surface area (Å²) in [5.41, 5.74) is 3.18. The largest absolute Gasteiger partial charge is 0.466 e. The average molecular weight is 751 g/mol. The summed E-state index contributed by atoms with van der Waals surface area (Å²) < 4.78 is 50.4. The molecule has 2 aliphatic heterocycles. The van der Waals surface area contributed by atoms with E-state index in [0.717, 1.165) is 22.3 Å². The molecule has 2 heterocycles. The van der Waals surface area contributed by atoms with Crippen molar-refractivity contribution in [2.24, 2.45) is 5.41 Å². The summed E-state index contributed by atoms with van der Waals surface area (Å²) in [4.78, 5) is 25.8. The first-order chi connectivity index (χ1) is 26.7. The van der Waals surface area contributed by atoms with E-state index in [1.165, 1.54) is 6.08 Å². The number of benzene rings is 4. The van der Waals surface area contributed by atoms with Gasteiger partial charge in [0.1, 0.15) is 24.6 Å². The Labute approximate surface area is 323 Å². The molecule has 4 aromatic rings. The van der Waals surface area contributed by atoms with Crippen LogP contribution in [0.15, 0.2) is 133 Å².